The van der Waals surface area contributed by atoms with Crippen molar-refractivity contribution in [3.8, 4) is 0 Å². The molecule has 1 rings (SSSR count). The number of hydrogen-bond donors (Lipinski definition) is 2. The minimum atomic E-state index is -1.07. The van der Waals surface area contributed by atoms with Gasteiger partial charge in [-0.1, -0.05) is 180 Å². The highest BCUT2D eigenvalue weighted by molar-refractivity contribution is 7.99. The molecule has 0 aliphatic heterocycles. The molecule has 0 aromatic heterocycles. The molecule has 0 radical (unpaired) electrons. The van der Waals surface area contributed by atoms with Gasteiger partial charge in [-0.15, -0.1) is 0 Å². The van der Waals surface area contributed by atoms with E-state index in [4.69, 9.17) is 18.9 Å². The molecular weight excluding hydrogens is 941 g/mol. The van der Waals surface area contributed by atoms with E-state index in [1.54, 1.807) is 72.7 Å². The van der Waals surface area contributed by atoms with E-state index < -0.39 is 47.3 Å². The molecule has 0 heterocycles. The van der Waals surface area contributed by atoms with Crippen LogP contribution in [0.5, 0.6) is 0 Å². The lowest BCUT2D eigenvalue weighted by atomic mass is 10.0. The summed E-state index contributed by atoms with van der Waals surface area (Å²) in [6.07, 6.45) is 31.5. The fourth-order valence-electron chi connectivity index (χ4n) is 8.35. The molecule has 0 aliphatic carbocycles. The fourth-order valence-corrected chi connectivity index (χ4v) is 9.42. The van der Waals surface area contributed by atoms with Crippen LogP contribution in [0.4, 0.5) is 0 Å². The van der Waals surface area contributed by atoms with E-state index in [9.17, 15) is 28.8 Å². The molecule has 0 aliphatic rings. The second-order valence-corrected chi connectivity index (χ2v) is 23.3. The molecule has 2 N–H and O–H groups in total. The van der Waals surface area contributed by atoms with Gasteiger partial charge in [0.15, 0.2) is 0 Å². The number of unbranched alkanes of at least 4 members (excludes halogenated alkanes) is 24. The molecule has 0 saturated carbocycles. The molecular formula is C60H104N2O10S. The van der Waals surface area contributed by atoms with Gasteiger partial charge in [0.2, 0.25) is 5.91 Å². The van der Waals surface area contributed by atoms with Gasteiger partial charge in [0.25, 0.3) is 5.91 Å². The largest absolute Gasteiger partial charge is 0.460 e. The van der Waals surface area contributed by atoms with Crippen LogP contribution in [-0.2, 0) is 49.5 Å². The van der Waals surface area contributed by atoms with Gasteiger partial charge in [-0.25, -0.2) is 4.79 Å². The van der Waals surface area contributed by atoms with E-state index in [1.165, 1.54) is 140 Å². The first-order valence-corrected chi connectivity index (χ1v) is 30.1. The maximum absolute atomic E-state index is 13.2. The highest BCUT2D eigenvalue weighted by Crippen LogP contribution is 2.20. The molecule has 12 nitrogen and oxygen atoms in total. The Kier molecular flexibility index (Phi) is 38.4. The maximum Gasteiger partial charge on any atom is 0.329 e. The third kappa shape index (κ3) is 39.5. The van der Waals surface area contributed by atoms with Crippen LogP contribution in [0.25, 0.3) is 0 Å². The molecule has 0 bridgehead atoms. The normalized spacial score (nSPS) is 12.9. The third-order valence-electron chi connectivity index (χ3n) is 12.6. The lowest BCUT2D eigenvalue weighted by molar-refractivity contribution is -0.165. The molecule has 73 heavy (non-hydrogen) atoms. The van der Waals surface area contributed by atoms with Gasteiger partial charge in [-0.3, -0.25) is 24.0 Å². The Morgan fingerprint density at radius 2 is 0.945 bits per heavy atom. The van der Waals surface area contributed by atoms with Crippen LogP contribution >= 0.6 is 11.8 Å². The van der Waals surface area contributed by atoms with Crippen LogP contribution in [0.2, 0.25) is 0 Å². The second-order valence-electron chi connectivity index (χ2n) is 22.2. The summed E-state index contributed by atoms with van der Waals surface area (Å²) in [6, 6.07) is 5.61. The number of nitrogens with one attached hydrogen (secondary N) is 2. The van der Waals surface area contributed by atoms with Crippen molar-refractivity contribution in [2.45, 2.75) is 297 Å². The molecule has 1 aromatic carbocycles. The van der Waals surface area contributed by atoms with Crippen LogP contribution in [0.1, 0.15) is 277 Å². The van der Waals surface area contributed by atoms with E-state index in [0.29, 0.717) is 29.9 Å². The zero-order chi connectivity index (χ0) is 54.2. The Hall–Kier alpha value is -3.61. The van der Waals surface area contributed by atoms with Gasteiger partial charge in [-0.2, -0.15) is 11.8 Å². The van der Waals surface area contributed by atoms with E-state index in [1.807, 2.05) is 0 Å². The number of esters is 4. The predicted molar refractivity (Wildman–Crippen MR) is 298 cm³/mol. The van der Waals surface area contributed by atoms with Crippen molar-refractivity contribution in [2.24, 2.45) is 0 Å². The molecule has 0 spiro atoms. The number of rotatable bonds is 44. The Morgan fingerprint density at radius 3 is 1.38 bits per heavy atom. The average molecular weight is 1050 g/mol. The predicted octanol–water partition coefficient (Wildman–Crippen LogP) is 14.8. The SMILES string of the molecule is CCCCCCCCCCCCCCCC(=O)OC(C)C(CSCCC(=O)NCc1ccc(C(=O)N[C@@H](CCC(=O)OC(C)(C)C)C(=O)OC(C)(C)C)cc1)OC(=O)CCCCCCCCCCCCCCC. The van der Waals surface area contributed by atoms with Crippen LogP contribution in [-0.4, -0.2) is 76.6 Å². The topological polar surface area (TPSA) is 163 Å². The minimum absolute atomic E-state index is 0.00928. The summed E-state index contributed by atoms with van der Waals surface area (Å²) in [7, 11) is 0. The van der Waals surface area contributed by atoms with E-state index in [2.05, 4.69) is 24.5 Å². The highest BCUT2D eigenvalue weighted by Gasteiger charge is 2.29. The standard InChI is InChI=1S/C60H104N2O10S/c1-10-12-14-16-18-20-22-24-26-28-30-32-34-36-54(64)69-48(3)52(70-55(65)37-35-33-31-29-27-25-23-21-19-17-15-13-11-2)47-73-45-44-53(63)61-46-49-38-40-50(41-39-49)57(67)62-51(58(68)72-60(7,8)9)42-43-56(66)71-59(4,5)6/h38-41,48,51-52H,10-37,42-47H2,1-9H3,(H,61,63)(H,62,67)/t48?,51-,52?/m0/s1. The lowest BCUT2D eigenvalue weighted by Crippen LogP contribution is -2.44. The first-order chi connectivity index (χ1) is 34.8. The summed E-state index contributed by atoms with van der Waals surface area (Å²) in [4.78, 5) is 77.6. The number of hydrogen-bond acceptors (Lipinski definition) is 11. The van der Waals surface area contributed by atoms with Crippen molar-refractivity contribution >= 4 is 47.5 Å². The molecule has 420 valence electrons. The summed E-state index contributed by atoms with van der Waals surface area (Å²) in [6.45, 7) is 17.0. The molecule has 3 atom stereocenters. The number of amides is 2. The smallest absolute Gasteiger partial charge is 0.329 e. The number of carbonyl (C=O) groups excluding carboxylic acids is 6. The van der Waals surface area contributed by atoms with Crippen LogP contribution in [0.15, 0.2) is 24.3 Å². The Bertz CT molecular complexity index is 1640. The number of ether oxygens (including phenoxy) is 4. The van der Waals surface area contributed by atoms with Crippen molar-refractivity contribution in [1.29, 1.82) is 0 Å². The minimum Gasteiger partial charge on any atom is -0.460 e. The third-order valence-corrected chi connectivity index (χ3v) is 13.7. The summed E-state index contributed by atoms with van der Waals surface area (Å²) in [5, 5.41) is 5.64. The second kappa shape index (κ2) is 41.6. The molecule has 1 aromatic rings. The quantitative estimate of drug-likeness (QED) is 0.0363. The Balaban J connectivity index is 2.64. The first-order valence-electron chi connectivity index (χ1n) is 28.9. The summed E-state index contributed by atoms with van der Waals surface area (Å²) in [5.41, 5.74) is -0.399. The molecule has 2 amide bonds. The monoisotopic (exact) mass is 1040 g/mol. The summed E-state index contributed by atoms with van der Waals surface area (Å²) >= 11 is 1.48. The van der Waals surface area contributed by atoms with Gasteiger partial charge >= 0.3 is 23.9 Å². The highest BCUT2D eigenvalue weighted by atomic mass is 32.2. The summed E-state index contributed by atoms with van der Waals surface area (Å²) < 4.78 is 22.7. The van der Waals surface area contributed by atoms with Gasteiger partial charge in [0, 0.05) is 49.3 Å². The lowest BCUT2D eigenvalue weighted by Gasteiger charge is -2.25. The Labute approximate surface area is 448 Å². The molecule has 0 fully saturated rings. The summed E-state index contributed by atoms with van der Waals surface area (Å²) in [5.74, 6) is -1.48. The number of thioether (sulfide) groups is 1. The average Bonchev–Trinajstić information content (AvgIpc) is 3.32. The van der Waals surface area contributed by atoms with E-state index >= 15 is 0 Å². The van der Waals surface area contributed by atoms with Crippen molar-refractivity contribution in [3.63, 3.8) is 0 Å². The van der Waals surface area contributed by atoms with Crippen molar-refractivity contribution in [3.05, 3.63) is 35.4 Å². The van der Waals surface area contributed by atoms with Gasteiger partial charge in [-0.05, 0) is 85.4 Å². The zero-order valence-corrected chi connectivity index (χ0v) is 48.4. The van der Waals surface area contributed by atoms with Gasteiger partial charge < -0.3 is 29.6 Å². The van der Waals surface area contributed by atoms with Crippen LogP contribution in [0, 0.1) is 0 Å². The van der Waals surface area contributed by atoms with Crippen LogP contribution < -0.4 is 10.6 Å². The van der Waals surface area contributed by atoms with E-state index in [-0.39, 0.29) is 43.7 Å². The van der Waals surface area contributed by atoms with Gasteiger partial charge in [0.05, 0.1) is 0 Å². The molecule has 13 heteroatoms. The zero-order valence-electron chi connectivity index (χ0n) is 47.6. The first kappa shape index (κ1) is 67.4. The van der Waals surface area contributed by atoms with Crippen molar-refractivity contribution < 1.29 is 47.7 Å². The maximum atomic E-state index is 13.2. The van der Waals surface area contributed by atoms with Crippen molar-refractivity contribution in [1.82, 2.24) is 10.6 Å². The van der Waals surface area contributed by atoms with Crippen molar-refractivity contribution in [2.75, 3.05) is 11.5 Å². The number of benzene rings is 1. The molecule has 2 unspecified atom stereocenters. The number of carbonyl (C=O) groups is 6. The van der Waals surface area contributed by atoms with Crippen LogP contribution in [0.3, 0.4) is 0 Å². The Morgan fingerprint density at radius 1 is 0.521 bits per heavy atom. The molecule has 0 saturated heterocycles. The van der Waals surface area contributed by atoms with Gasteiger partial charge in [0.1, 0.15) is 29.5 Å². The van der Waals surface area contributed by atoms with E-state index in [0.717, 1.165) is 44.1 Å². The fraction of sp³-hybridized carbons (Fsp3) is 0.800.